The minimum Gasteiger partial charge on any atom is -0.394 e. The highest BCUT2D eigenvalue weighted by Crippen LogP contribution is 2.17. The third-order valence-electron chi connectivity index (χ3n) is 13.7. The first-order chi connectivity index (χ1) is 33.7. The fourth-order valence-corrected chi connectivity index (χ4v) is 9.13. The van der Waals surface area contributed by atoms with Gasteiger partial charge in [-0.15, -0.1) is 0 Å². The number of aliphatic hydroxyl groups excluding tert-OH is 2. The molecular formula is C64H117NO3. The molecule has 0 fully saturated rings. The molecule has 4 heteroatoms. The van der Waals surface area contributed by atoms with Crippen molar-refractivity contribution in [1.82, 2.24) is 5.32 Å². The molecule has 0 rings (SSSR count). The van der Waals surface area contributed by atoms with Gasteiger partial charge in [-0.2, -0.15) is 0 Å². The number of unbranched alkanes of at least 4 members (excludes halogenated alkanes) is 38. The van der Waals surface area contributed by atoms with Crippen molar-refractivity contribution in [2.45, 2.75) is 321 Å². The molecule has 68 heavy (non-hydrogen) atoms. The summed E-state index contributed by atoms with van der Waals surface area (Å²) in [6, 6.07) is -0.647. The Labute approximate surface area is 425 Å². The van der Waals surface area contributed by atoms with E-state index in [9.17, 15) is 15.0 Å². The van der Waals surface area contributed by atoms with Crippen molar-refractivity contribution in [3.8, 4) is 0 Å². The molecule has 3 N–H and O–H groups in total. The standard InChI is InChI=1S/C64H117NO3/c1-3-5-7-9-11-13-15-17-19-21-23-25-27-28-29-30-31-32-33-34-35-36-38-39-41-43-45-47-49-51-53-55-57-59-63(67)62(61-66)65-64(68)60-58-56-54-52-50-48-46-44-42-40-37-26-24-22-20-18-16-14-12-10-8-6-4-2/h6,8,12,14,18,20,24,26,49,51,57,59,62-63,66-67H,3-5,7,9-11,13,15-17,19,21-23,25,27-48,50,52-56,58,60-61H2,1-2H3,(H,65,68)/b8-6-,14-12-,20-18-,26-24-,51-49+,59-57+. The molecule has 396 valence electrons. The molecule has 0 heterocycles. The molecule has 0 aromatic heterocycles. The molecule has 2 atom stereocenters. The van der Waals surface area contributed by atoms with Crippen LogP contribution in [0.2, 0.25) is 0 Å². The number of carbonyl (C=O) groups is 1. The maximum atomic E-state index is 12.5. The Morgan fingerprint density at radius 2 is 0.662 bits per heavy atom. The predicted octanol–water partition coefficient (Wildman–Crippen LogP) is 20.1. The van der Waals surface area contributed by atoms with Crippen molar-refractivity contribution >= 4 is 5.91 Å². The maximum Gasteiger partial charge on any atom is 0.220 e. The number of rotatable bonds is 55. The average molecular weight is 949 g/mol. The number of hydrogen-bond donors (Lipinski definition) is 3. The van der Waals surface area contributed by atoms with Crippen molar-refractivity contribution in [2.75, 3.05) is 6.61 Å². The Hall–Kier alpha value is -2.17. The zero-order valence-corrected chi connectivity index (χ0v) is 45.6. The summed E-state index contributed by atoms with van der Waals surface area (Å²) in [6.45, 7) is 4.21. The van der Waals surface area contributed by atoms with Crippen molar-refractivity contribution in [1.29, 1.82) is 0 Å². The molecule has 0 aliphatic carbocycles. The smallest absolute Gasteiger partial charge is 0.220 e. The molecule has 1 amide bonds. The molecule has 0 aromatic carbocycles. The first-order valence-corrected chi connectivity index (χ1v) is 30.2. The topological polar surface area (TPSA) is 69.6 Å². The summed E-state index contributed by atoms with van der Waals surface area (Å²) in [5, 5.41) is 23.2. The van der Waals surface area contributed by atoms with Crippen molar-refractivity contribution in [3.05, 3.63) is 72.9 Å². The largest absolute Gasteiger partial charge is 0.394 e. The minimum atomic E-state index is -0.869. The summed E-state index contributed by atoms with van der Waals surface area (Å²) < 4.78 is 0. The van der Waals surface area contributed by atoms with Crippen LogP contribution in [0.1, 0.15) is 309 Å². The van der Waals surface area contributed by atoms with Crippen LogP contribution in [0.4, 0.5) is 0 Å². The molecule has 0 bridgehead atoms. The zero-order chi connectivity index (χ0) is 49.2. The zero-order valence-electron chi connectivity index (χ0n) is 45.6. The average Bonchev–Trinajstić information content (AvgIpc) is 3.34. The quantitative estimate of drug-likeness (QED) is 0.0420. The predicted molar refractivity (Wildman–Crippen MR) is 304 cm³/mol. The first kappa shape index (κ1) is 65.8. The fraction of sp³-hybridized carbons (Fsp3) is 0.797. The second kappa shape index (κ2) is 59.1. The Bertz CT molecular complexity index is 1170. The molecule has 0 spiro atoms. The van der Waals surface area contributed by atoms with Gasteiger partial charge >= 0.3 is 0 Å². The van der Waals surface area contributed by atoms with E-state index in [4.69, 9.17) is 0 Å². The van der Waals surface area contributed by atoms with E-state index in [0.717, 1.165) is 57.8 Å². The van der Waals surface area contributed by atoms with Crippen LogP contribution in [0.5, 0.6) is 0 Å². The Morgan fingerprint density at radius 1 is 0.368 bits per heavy atom. The number of allylic oxidation sites excluding steroid dienone is 11. The second-order valence-electron chi connectivity index (χ2n) is 20.4. The molecule has 0 aliphatic rings. The summed E-state index contributed by atoms with van der Waals surface area (Å²) in [5.41, 5.74) is 0. The number of hydrogen-bond acceptors (Lipinski definition) is 3. The van der Waals surface area contributed by atoms with Crippen LogP contribution in [-0.4, -0.2) is 34.9 Å². The van der Waals surface area contributed by atoms with E-state index in [1.54, 1.807) is 6.08 Å². The van der Waals surface area contributed by atoms with Gasteiger partial charge in [0, 0.05) is 6.42 Å². The first-order valence-electron chi connectivity index (χ1n) is 30.2. The number of nitrogens with one attached hydrogen (secondary N) is 1. The van der Waals surface area contributed by atoms with Gasteiger partial charge in [0.15, 0.2) is 0 Å². The van der Waals surface area contributed by atoms with E-state index < -0.39 is 12.1 Å². The lowest BCUT2D eigenvalue weighted by Gasteiger charge is -2.19. The Morgan fingerprint density at radius 3 is 1.03 bits per heavy atom. The van der Waals surface area contributed by atoms with Crippen molar-refractivity contribution in [2.24, 2.45) is 0 Å². The highest BCUT2D eigenvalue weighted by Gasteiger charge is 2.18. The molecule has 0 radical (unpaired) electrons. The summed E-state index contributed by atoms with van der Waals surface area (Å²) in [6.07, 6.45) is 85.2. The van der Waals surface area contributed by atoms with Crippen molar-refractivity contribution in [3.63, 3.8) is 0 Å². The van der Waals surface area contributed by atoms with Gasteiger partial charge in [0.2, 0.25) is 5.91 Å². The van der Waals surface area contributed by atoms with Gasteiger partial charge in [-0.05, 0) is 70.6 Å². The number of carbonyl (C=O) groups excluding carboxylic acids is 1. The van der Waals surface area contributed by atoms with E-state index in [1.807, 2.05) is 6.08 Å². The summed E-state index contributed by atoms with van der Waals surface area (Å²) >= 11 is 0. The van der Waals surface area contributed by atoms with Crippen molar-refractivity contribution < 1.29 is 15.0 Å². The van der Waals surface area contributed by atoms with Crippen LogP contribution >= 0.6 is 0 Å². The van der Waals surface area contributed by atoms with Crippen LogP contribution in [0.15, 0.2) is 72.9 Å². The lowest BCUT2D eigenvalue weighted by molar-refractivity contribution is -0.123. The summed E-state index contributed by atoms with van der Waals surface area (Å²) in [7, 11) is 0. The Kier molecular flexibility index (Phi) is 57.3. The minimum absolute atomic E-state index is 0.0779. The molecule has 2 unspecified atom stereocenters. The van der Waals surface area contributed by atoms with E-state index in [1.165, 1.54) is 231 Å². The van der Waals surface area contributed by atoms with Gasteiger partial charge in [-0.3, -0.25) is 4.79 Å². The van der Waals surface area contributed by atoms with E-state index in [0.29, 0.717) is 6.42 Å². The van der Waals surface area contributed by atoms with Crippen LogP contribution < -0.4 is 5.32 Å². The molecule has 0 aromatic rings. The number of amides is 1. The highest BCUT2D eigenvalue weighted by atomic mass is 16.3. The maximum absolute atomic E-state index is 12.5. The Balaban J connectivity index is 3.51. The van der Waals surface area contributed by atoms with Crippen LogP contribution in [0, 0.1) is 0 Å². The SMILES string of the molecule is CC/C=C\C/C=C\C/C=C\C/C=C\CCCCCCCCCCCCC(=O)NC(CO)C(O)/C=C/CC/C=C/CCCCCCCCCCCCCCCCCCCCCCCCCCCCC. The molecule has 0 saturated carbocycles. The third kappa shape index (κ3) is 54.8. The third-order valence-corrected chi connectivity index (χ3v) is 13.7. The van der Waals surface area contributed by atoms with Gasteiger partial charge < -0.3 is 15.5 Å². The van der Waals surface area contributed by atoms with Crippen LogP contribution in [0.3, 0.4) is 0 Å². The van der Waals surface area contributed by atoms with Gasteiger partial charge in [-0.25, -0.2) is 0 Å². The van der Waals surface area contributed by atoms with Gasteiger partial charge in [0.1, 0.15) is 0 Å². The summed E-state index contributed by atoms with van der Waals surface area (Å²) in [5.74, 6) is -0.0779. The van der Waals surface area contributed by atoms with E-state index in [-0.39, 0.29) is 12.5 Å². The van der Waals surface area contributed by atoms with Gasteiger partial charge in [0.05, 0.1) is 18.8 Å². The monoisotopic (exact) mass is 948 g/mol. The normalized spacial score (nSPS) is 13.3. The lowest BCUT2D eigenvalue weighted by Crippen LogP contribution is -2.45. The highest BCUT2D eigenvalue weighted by molar-refractivity contribution is 5.76. The molecule has 0 aliphatic heterocycles. The second-order valence-corrected chi connectivity index (χ2v) is 20.4. The molecule has 0 saturated heterocycles. The van der Waals surface area contributed by atoms with Crippen LogP contribution in [0.25, 0.3) is 0 Å². The fourth-order valence-electron chi connectivity index (χ4n) is 9.13. The van der Waals surface area contributed by atoms with Gasteiger partial charge in [0.25, 0.3) is 0 Å². The molecule has 4 nitrogen and oxygen atoms in total. The van der Waals surface area contributed by atoms with E-state index >= 15 is 0 Å². The summed E-state index contributed by atoms with van der Waals surface area (Å²) in [4.78, 5) is 12.5. The van der Waals surface area contributed by atoms with E-state index in [2.05, 4.69) is 79.9 Å². The lowest BCUT2D eigenvalue weighted by atomic mass is 10.0. The number of aliphatic hydroxyl groups is 2. The van der Waals surface area contributed by atoms with Gasteiger partial charge in [-0.1, -0.05) is 305 Å². The van der Waals surface area contributed by atoms with Crippen LogP contribution in [-0.2, 0) is 4.79 Å². The molecular weight excluding hydrogens is 831 g/mol.